The van der Waals surface area contributed by atoms with Crippen LogP contribution in [0, 0.1) is 13.8 Å². The maximum atomic E-state index is 5.78. The monoisotopic (exact) mass is 212 g/mol. The molecule has 0 atom stereocenters. The number of rotatable bonds is 3. The van der Waals surface area contributed by atoms with E-state index in [0.29, 0.717) is 6.61 Å². The Kier molecular flexibility index (Phi) is 3.25. The highest BCUT2D eigenvalue weighted by molar-refractivity contribution is 5.35. The first-order valence-electron chi connectivity index (χ1n) is 5.50. The number of hydrogen-bond donors (Lipinski definition) is 0. The van der Waals surface area contributed by atoms with Crippen LogP contribution in [0.5, 0.6) is 5.75 Å². The van der Waals surface area contributed by atoms with E-state index < -0.39 is 0 Å². The Morgan fingerprint density at radius 3 is 2.38 bits per heavy atom. The molecule has 0 aliphatic heterocycles. The third kappa shape index (κ3) is 2.63. The highest BCUT2D eigenvalue weighted by Gasteiger charge is 1.99. The van der Waals surface area contributed by atoms with Gasteiger partial charge in [-0.3, -0.25) is 0 Å². The fourth-order valence-electron chi connectivity index (χ4n) is 1.70. The van der Waals surface area contributed by atoms with Gasteiger partial charge in [-0.15, -0.1) is 0 Å². The van der Waals surface area contributed by atoms with Gasteiger partial charge >= 0.3 is 0 Å². The molecular weight excluding hydrogens is 196 g/mol. The number of hydrogen-bond acceptors (Lipinski definition) is 1. The van der Waals surface area contributed by atoms with Gasteiger partial charge in [0.05, 0.1) is 0 Å². The first-order chi connectivity index (χ1) is 7.75. The smallest absolute Gasteiger partial charge is 0.122 e. The van der Waals surface area contributed by atoms with Crippen molar-refractivity contribution in [3.8, 4) is 5.75 Å². The van der Waals surface area contributed by atoms with Crippen LogP contribution in [0.4, 0.5) is 0 Å². The van der Waals surface area contributed by atoms with Crippen LogP contribution in [0.3, 0.4) is 0 Å². The molecule has 0 radical (unpaired) electrons. The van der Waals surface area contributed by atoms with Crippen LogP contribution in [0.15, 0.2) is 48.5 Å². The van der Waals surface area contributed by atoms with Gasteiger partial charge in [0, 0.05) is 0 Å². The van der Waals surface area contributed by atoms with Crippen molar-refractivity contribution in [3.63, 3.8) is 0 Å². The summed E-state index contributed by atoms with van der Waals surface area (Å²) >= 11 is 0. The van der Waals surface area contributed by atoms with Gasteiger partial charge in [-0.25, -0.2) is 0 Å². The van der Waals surface area contributed by atoms with Crippen molar-refractivity contribution < 1.29 is 4.74 Å². The van der Waals surface area contributed by atoms with Gasteiger partial charge in [-0.05, 0) is 31.0 Å². The number of benzene rings is 2. The second-order valence-corrected chi connectivity index (χ2v) is 4.04. The van der Waals surface area contributed by atoms with Crippen LogP contribution in [0.1, 0.15) is 16.7 Å². The molecule has 0 N–H and O–H groups in total. The lowest BCUT2D eigenvalue weighted by atomic mass is 10.1. The molecule has 0 bridgehead atoms. The molecule has 0 heterocycles. The molecule has 1 nitrogen and oxygen atoms in total. The Balaban J connectivity index is 2.05. The predicted octanol–water partition coefficient (Wildman–Crippen LogP) is 3.88. The van der Waals surface area contributed by atoms with Crippen LogP contribution in [-0.4, -0.2) is 0 Å². The van der Waals surface area contributed by atoms with E-state index in [1.165, 1.54) is 16.7 Å². The highest BCUT2D eigenvalue weighted by atomic mass is 16.5. The van der Waals surface area contributed by atoms with Crippen molar-refractivity contribution >= 4 is 0 Å². The zero-order valence-electron chi connectivity index (χ0n) is 9.73. The average Bonchev–Trinajstić information content (AvgIpc) is 2.29. The van der Waals surface area contributed by atoms with Gasteiger partial charge in [0.25, 0.3) is 0 Å². The molecule has 2 aromatic carbocycles. The standard InChI is InChI=1S/C15H16O/c1-12-8-9-15(13(2)10-12)16-11-14-6-4-3-5-7-14/h3-10H,11H2,1-2H3. The molecule has 0 aliphatic carbocycles. The minimum atomic E-state index is 0.630. The van der Waals surface area contributed by atoms with Crippen molar-refractivity contribution in [1.29, 1.82) is 0 Å². The average molecular weight is 212 g/mol. The molecule has 0 unspecified atom stereocenters. The molecule has 0 aromatic heterocycles. The third-order valence-electron chi connectivity index (χ3n) is 2.57. The molecule has 0 amide bonds. The molecule has 16 heavy (non-hydrogen) atoms. The largest absolute Gasteiger partial charge is 0.489 e. The van der Waals surface area contributed by atoms with E-state index in [1.54, 1.807) is 0 Å². The summed E-state index contributed by atoms with van der Waals surface area (Å²) in [6.45, 7) is 4.80. The molecule has 0 saturated heterocycles. The molecule has 0 saturated carbocycles. The molecule has 0 fully saturated rings. The van der Waals surface area contributed by atoms with Crippen molar-refractivity contribution in [2.75, 3.05) is 0 Å². The first kappa shape index (κ1) is 10.7. The minimum absolute atomic E-state index is 0.630. The van der Waals surface area contributed by atoms with E-state index in [9.17, 15) is 0 Å². The summed E-state index contributed by atoms with van der Waals surface area (Å²) in [6, 6.07) is 16.5. The fraction of sp³-hybridized carbons (Fsp3) is 0.200. The zero-order chi connectivity index (χ0) is 11.4. The second-order valence-electron chi connectivity index (χ2n) is 4.04. The van der Waals surface area contributed by atoms with E-state index in [-0.39, 0.29) is 0 Å². The molecular formula is C15H16O. The lowest BCUT2D eigenvalue weighted by Gasteiger charge is -2.09. The summed E-state index contributed by atoms with van der Waals surface area (Å²) in [5, 5.41) is 0. The minimum Gasteiger partial charge on any atom is -0.489 e. The van der Waals surface area contributed by atoms with Gasteiger partial charge in [0.2, 0.25) is 0 Å². The summed E-state index contributed by atoms with van der Waals surface area (Å²) in [4.78, 5) is 0. The van der Waals surface area contributed by atoms with E-state index >= 15 is 0 Å². The summed E-state index contributed by atoms with van der Waals surface area (Å²) < 4.78 is 5.78. The molecule has 2 aromatic rings. The Hall–Kier alpha value is -1.76. The van der Waals surface area contributed by atoms with Crippen LogP contribution in [-0.2, 0) is 6.61 Å². The second kappa shape index (κ2) is 4.84. The lowest BCUT2D eigenvalue weighted by molar-refractivity contribution is 0.304. The normalized spacial score (nSPS) is 10.1. The van der Waals surface area contributed by atoms with Crippen molar-refractivity contribution in [1.82, 2.24) is 0 Å². The summed E-state index contributed by atoms with van der Waals surface area (Å²) in [6.07, 6.45) is 0. The van der Waals surface area contributed by atoms with E-state index in [2.05, 4.69) is 38.1 Å². The zero-order valence-corrected chi connectivity index (χ0v) is 9.73. The van der Waals surface area contributed by atoms with E-state index in [1.807, 2.05) is 24.3 Å². The summed E-state index contributed by atoms with van der Waals surface area (Å²) in [5.74, 6) is 0.967. The maximum Gasteiger partial charge on any atom is 0.122 e. The summed E-state index contributed by atoms with van der Waals surface area (Å²) in [5.41, 5.74) is 3.66. The highest BCUT2D eigenvalue weighted by Crippen LogP contribution is 2.19. The van der Waals surface area contributed by atoms with Gasteiger partial charge < -0.3 is 4.74 Å². The van der Waals surface area contributed by atoms with Crippen LogP contribution < -0.4 is 4.74 Å². The third-order valence-corrected chi connectivity index (χ3v) is 2.57. The molecule has 82 valence electrons. The summed E-state index contributed by atoms with van der Waals surface area (Å²) in [7, 11) is 0. The van der Waals surface area contributed by atoms with Crippen LogP contribution in [0.25, 0.3) is 0 Å². The Bertz CT molecular complexity index is 460. The van der Waals surface area contributed by atoms with Crippen molar-refractivity contribution in [2.24, 2.45) is 0 Å². The predicted molar refractivity (Wildman–Crippen MR) is 66.7 cm³/mol. The molecule has 0 spiro atoms. The van der Waals surface area contributed by atoms with Crippen LogP contribution >= 0.6 is 0 Å². The Labute approximate surface area is 96.7 Å². The van der Waals surface area contributed by atoms with Gasteiger partial charge in [-0.1, -0.05) is 48.0 Å². The number of aryl methyl sites for hydroxylation is 2. The molecule has 2 rings (SSSR count). The van der Waals surface area contributed by atoms with Crippen molar-refractivity contribution in [3.05, 3.63) is 65.2 Å². The Morgan fingerprint density at radius 2 is 1.69 bits per heavy atom. The molecule has 1 heteroatoms. The van der Waals surface area contributed by atoms with Gasteiger partial charge in [0.15, 0.2) is 0 Å². The quantitative estimate of drug-likeness (QED) is 0.750. The topological polar surface area (TPSA) is 9.23 Å². The fourth-order valence-corrected chi connectivity index (χ4v) is 1.70. The maximum absolute atomic E-state index is 5.78. The molecule has 0 aliphatic rings. The van der Waals surface area contributed by atoms with Crippen molar-refractivity contribution in [2.45, 2.75) is 20.5 Å². The van der Waals surface area contributed by atoms with E-state index in [0.717, 1.165) is 5.75 Å². The lowest BCUT2D eigenvalue weighted by Crippen LogP contribution is -1.96. The van der Waals surface area contributed by atoms with Gasteiger partial charge in [0.1, 0.15) is 12.4 Å². The Morgan fingerprint density at radius 1 is 0.938 bits per heavy atom. The van der Waals surface area contributed by atoms with Crippen LogP contribution in [0.2, 0.25) is 0 Å². The first-order valence-corrected chi connectivity index (χ1v) is 5.50. The van der Waals surface area contributed by atoms with Gasteiger partial charge in [-0.2, -0.15) is 0 Å². The number of ether oxygens (including phenoxy) is 1. The SMILES string of the molecule is Cc1ccc(OCc2ccccc2)c(C)c1. The van der Waals surface area contributed by atoms with E-state index in [4.69, 9.17) is 4.74 Å².